The van der Waals surface area contributed by atoms with Gasteiger partial charge in [-0.25, -0.2) is 0 Å². The van der Waals surface area contributed by atoms with Crippen LogP contribution >= 0.6 is 0 Å². The topological polar surface area (TPSA) is 69.2 Å². The zero-order valence-corrected chi connectivity index (χ0v) is 12.1. The van der Waals surface area contributed by atoms with Crippen LogP contribution in [-0.2, 0) is 0 Å². The molecule has 1 aromatic rings. The van der Waals surface area contributed by atoms with Crippen LogP contribution in [-0.4, -0.2) is 35.2 Å². The van der Waals surface area contributed by atoms with Gasteiger partial charge in [0.25, 0.3) is 0 Å². The van der Waals surface area contributed by atoms with Crippen molar-refractivity contribution in [1.82, 2.24) is 15.0 Å². The Morgan fingerprint density at radius 3 is 2.26 bits per heavy atom. The van der Waals surface area contributed by atoms with Gasteiger partial charge < -0.3 is 14.8 Å². The number of rotatable bonds is 4. The maximum atomic E-state index is 5.05. The highest BCUT2D eigenvalue weighted by Crippen LogP contribution is 2.36. The molecule has 0 aromatic carbocycles. The molecule has 0 saturated heterocycles. The summed E-state index contributed by atoms with van der Waals surface area (Å²) < 4.78 is 10.1. The van der Waals surface area contributed by atoms with Crippen molar-refractivity contribution in [3.05, 3.63) is 0 Å². The van der Waals surface area contributed by atoms with Gasteiger partial charge in [0.15, 0.2) is 0 Å². The first-order chi connectivity index (χ1) is 9.02. The van der Waals surface area contributed by atoms with Gasteiger partial charge in [-0.15, -0.1) is 4.98 Å². The van der Waals surface area contributed by atoms with Gasteiger partial charge in [-0.1, -0.05) is 20.3 Å². The average Bonchev–Trinajstić information content (AvgIpc) is 2.37. The first-order valence-electron chi connectivity index (χ1n) is 6.63. The lowest BCUT2D eigenvalue weighted by Gasteiger charge is -2.35. The van der Waals surface area contributed by atoms with Gasteiger partial charge in [0, 0.05) is 6.04 Å². The van der Waals surface area contributed by atoms with E-state index < -0.39 is 0 Å². The summed E-state index contributed by atoms with van der Waals surface area (Å²) in [5.41, 5.74) is 0.372. The van der Waals surface area contributed by atoms with Crippen molar-refractivity contribution >= 4 is 5.95 Å². The van der Waals surface area contributed by atoms with Crippen LogP contribution < -0.4 is 14.8 Å². The number of ether oxygens (including phenoxy) is 2. The Morgan fingerprint density at radius 2 is 1.74 bits per heavy atom. The second kappa shape index (κ2) is 5.59. The molecule has 106 valence electrons. The van der Waals surface area contributed by atoms with Crippen molar-refractivity contribution in [2.24, 2.45) is 5.41 Å². The minimum absolute atomic E-state index is 0.268. The van der Waals surface area contributed by atoms with Gasteiger partial charge in [0.1, 0.15) is 0 Å². The average molecular weight is 266 g/mol. The highest BCUT2D eigenvalue weighted by molar-refractivity contribution is 5.29. The Bertz CT molecular complexity index is 414. The van der Waals surface area contributed by atoms with Crippen LogP contribution in [0.25, 0.3) is 0 Å². The van der Waals surface area contributed by atoms with Crippen molar-refractivity contribution in [2.45, 2.75) is 45.6 Å². The third-order valence-corrected chi connectivity index (χ3v) is 3.50. The van der Waals surface area contributed by atoms with E-state index in [9.17, 15) is 0 Å². The monoisotopic (exact) mass is 266 g/mol. The van der Waals surface area contributed by atoms with E-state index in [0.29, 0.717) is 17.4 Å². The molecule has 2 rings (SSSR count). The largest absolute Gasteiger partial charge is 0.467 e. The van der Waals surface area contributed by atoms with Crippen molar-refractivity contribution in [3.63, 3.8) is 0 Å². The van der Waals surface area contributed by atoms with E-state index in [2.05, 4.69) is 34.1 Å². The molecule has 1 aromatic heterocycles. The first kappa shape index (κ1) is 13.8. The molecule has 1 fully saturated rings. The Kier molecular flexibility index (Phi) is 4.07. The lowest BCUT2D eigenvalue weighted by Crippen LogP contribution is -2.32. The Hall–Kier alpha value is -1.59. The van der Waals surface area contributed by atoms with Crippen molar-refractivity contribution in [1.29, 1.82) is 0 Å². The fourth-order valence-corrected chi connectivity index (χ4v) is 2.59. The number of hydrogen-bond donors (Lipinski definition) is 1. The predicted octanol–water partition coefficient (Wildman–Crippen LogP) is 2.27. The molecule has 6 heteroatoms. The minimum Gasteiger partial charge on any atom is -0.467 e. The molecule has 0 radical (unpaired) electrons. The van der Waals surface area contributed by atoms with Crippen molar-refractivity contribution in [3.8, 4) is 12.0 Å². The number of anilines is 1. The summed E-state index contributed by atoms with van der Waals surface area (Å²) in [6, 6.07) is 0.925. The standard InChI is InChI=1S/C13H22N4O2/c1-13(2)7-5-6-9(8-13)14-10-15-11(18-3)17-12(16-10)19-4/h9H,5-8H2,1-4H3,(H,14,15,16,17). The van der Waals surface area contributed by atoms with Crippen LogP contribution in [0.3, 0.4) is 0 Å². The van der Waals surface area contributed by atoms with Gasteiger partial charge in [-0.05, 0) is 24.7 Å². The van der Waals surface area contributed by atoms with Crippen molar-refractivity contribution < 1.29 is 9.47 Å². The normalized spacial score (nSPS) is 21.8. The van der Waals surface area contributed by atoms with Gasteiger partial charge in [-0.3, -0.25) is 0 Å². The molecule has 1 N–H and O–H groups in total. The zero-order chi connectivity index (χ0) is 13.9. The molecule has 0 aliphatic heterocycles. The lowest BCUT2D eigenvalue weighted by atomic mass is 9.75. The summed E-state index contributed by atoms with van der Waals surface area (Å²) in [7, 11) is 3.06. The number of aromatic nitrogens is 3. The van der Waals surface area contributed by atoms with Gasteiger partial charge in [-0.2, -0.15) is 9.97 Å². The Balaban J connectivity index is 2.09. The molecule has 1 atom stereocenters. The number of nitrogens with one attached hydrogen (secondary N) is 1. The maximum absolute atomic E-state index is 5.05. The quantitative estimate of drug-likeness (QED) is 0.901. The number of nitrogens with zero attached hydrogens (tertiary/aromatic N) is 3. The van der Waals surface area contributed by atoms with E-state index >= 15 is 0 Å². The minimum atomic E-state index is 0.268. The molecule has 1 saturated carbocycles. The molecule has 1 heterocycles. The second-order valence-corrected chi connectivity index (χ2v) is 5.73. The second-order valence-electron chi connectivity index (χ2n) is 5.73. The molecular weight excluding hydrogens is 244 g/mol. The molecular formula is C13H22N4O2. The van der Waals surface area contributed by atoms with Crippen LogP contribution in [0.1, 0.15) is 39.5 Å². The van der Waals surface area contributed by atoms with Gasteiger partial charge in [0.05, 0.1) is 14.2 Å². The smallest absolute Gasteiger partial charge is 0.324 e. The van der Waals surface area contributed by atoms with Crippen LogP contribution in [0, 0.1) is 5.41 Å². The molecule has 1 unspecified atom stereocenters. The number of methoxy groups -OCH3 is 2. The zero-order valence-electron chi connectivity index (χ0n) is 12.1. The van der Waals surface area contributed by atoms with E-state index in [1.807, 2.05) is 0 Å². The van der Waals surface area contributed by atoms with E-state index in [0.717, 1.165) is 12.8 Å². The van der Waals surface area contributed by atoms with Gasteiger partial charge >= 0.3 is 12.0 Å². The van der Waals surface area contributed by atoms with Crippen LogP contribution in [0.2, 0.25) is 0 Å². The summed E-state index contributed by atoms with van der Waals surface area (Å²) >= 11 is 0. The Morgan fingerprint density at radius 1 is 1.11 bits per heavy atom. The summed E-state index contributed by atoms with van der Waals surface area (Å²) in [5, 5.41) is 3.36. The van der Waals surface area contributed by atoms with Crippen LogP contribution in [0.5, 0.6) is 12.0 Å². The van der Waals surface area contributed by atoms with E-state index in [4.69, 9.17) is 9.47 Å². The molecule has 6 nitrogen and oxygen atoms in total. The third kappa shape index (κ3) is 3.68. The summed E-state index contributed by atoms with van der Waals surface area (Å²) in [4.78, 5) is 12.4. The molecule has 0 spiro atoms. The molecule has 1 aliphatic carbocycles. The molecule has 0 amide bonds. The SMILES string of the molecule is COc1nc(NC2CCCC(C)(C)C2)nc(OC)n1. The van der Waals surface area contributed by atoms with E-state index in [1.165, 1.54) is 27.1 Å². The van der Waals surface area contributed by atoms with Crippen molar-refractivity contribution in [2.75, 3.05) is 19.5 Å². The van der Waals surface area contributed by atoms with Crippen LogP contribution in [0.15, 0.2) is 0 Å². The summed E-state index contributed by atoms with van der Waals surface area (Å²) in [6.07, 6.45) is 4.75. The fourth-order valence-electron chi connectivity index (χ4n) is 2.59. The maximum Gasteiger partial charge on any atom is 0.324 e. The molecule has 0 bridgehead atoms. The van der Waals surface area contributed by atoms with E-state index in [1.54, 1.807) is 0 Å². The van der Waals surface area contributed by atoms with Gasteiger partial charge in [0.2, 0.25) is 5.95 Å². The van der Waals surface area contributed by atoms with Crippen LogP contribution in [0.4, 0.5) is 5.95 Å². The highest BCUT2D eigenvalue weighted by atomic mass is 16.5. The highest BCUT2D eigenvalue weighted by Gasteiger charge is 2.28. The third-order valence-electron chi connectivity index (χ3n) is 3.50. The van der Waals surface area contributed by atoms with E-state index in [-0.39, 0.29) is 12.0 Å². The summed E-state index contributed by atoms with van der Waals surface area (Å²) in [5.74, 6) is 0.520. The number of hydrogen-bond acceptors (Lipinski definition) is 6. The Labute approximate surface area is 114 Å². The molecule has 1 aliphatic rings. The predicted molar refractivity (Wildman–Crippen MR) is 72.6 cm³/mol. The fraction of sp³-hybridized carbons (Fsp3) is 0.769. The molecule has 19 heavy (non-hydrogen) atoms. The lowest BCUT2D eigenvalue weighted by molar-refractivity contribution is 0.229. The summed E-state index contributed by atoms with van der Waals surface area (Å²) in [6.45, 7) is 4.60. The first-order valence-corrected chi connectivity index (χ1v) is 6.63.